The molecule has 0 aromatic rings. The summed E-state index contributed by atoms with van der Waals surface area (Å²) in [5.74, 6) is -1.92. The highest BCUT2D eigenvalue weighted by atomic mass is 16.4. The molecule has 158 valence electrons. The second-order valence-electron chi connectivity index (χ2n) is 7.44. The summed E-state index contributed by atoms with van der Waals surface area (Å²) in [6, 6.07) is -0.948. The molecule has 6 nitrogen and oxygen atoms in total. The molecule has 0 aliphatic heterocycles. The van der Waals surface area contributed by atoms with E-state index in [4.69, 9.17) is 10.8 Å². The van der Waals surface area contributed by atoms with Gasteiger partial charge < -0.3 is 10.8 Å². The first kappa shape index (κ1) is 25.6. The molecule has 0 heterocycles. The Morgan fingerprint density at radius 2 is 1.22 bits per heavy atom. The first-order chi connectivity index (χ1) is 13.0. The molecular formula is C21H40N2O4. The van der Waals surface area contributed by atoms with Gasteiger partial charge in [-0.2, -0.15) is 0 Å². The summed E-state index contributed by atoms with van der Waals surface area (Å²) < 4.78 is 0. The second-order valence-corrected chi connectivity index (χ2v) is 7.44. The summed E-state index contributed by atoms with van der Waals surface area (Å²) in [5.41, 5.74) is 5.56. The molecular weight excluding hydrogens is 344 g/mol. The van der Waals surface area contributed by atoms with E-state index in [-0.39, 0.29) is 18.7 Å². The van der Waals surface area contributed by atoms with E-state index >= 15 is 0 Å². The third kappa shape index (κ3) is 17.7. The molecule has 0 spiro atoms. The van der Waals surface area contributed by atoms with E-state index in [0.29, 0.717) is 6.42 Å². The van der Waals surface area contributed by atoms with E-state index in [1.165, 1.54) is 64.2 Å². The number of carbonyl (C=O) groups excluding carboxylic acids is 2. The van der Waals surface area contributed by atoms with Crippen LogP contribution in [-0.2, 0) is 14.4 Å². The number of hydrogen-bond donors (Lipinski definition) is 3. The number of nitrogens with one attached hydrogen (secondary N) is 1. The Labute approximate surface area is 164 Å². The predicted octanol–water partition coefficient (Wildman–Crippen LogP) is 4.30. The molecule has 2 amide bonds. The standard InChI is InChI=1S/C21H40N2O4/c1-2-3-4-5-6-7-8-9-10-11-12-13-14-15-19(24)23-21(27)18(22)16-17-20(25)26/h18H,2-17,22H2,1H3,(H,25,26)(H,23,24,27)/t18-/m0/s1. The third-order valence-corrected chi connectivity index (χ3v) is 4.78. The molecule has 0 unspecified atom stereocenters. The van der Waals surface area contributed by atoms with E-state index in [2.05, 4.69) is 12.2 Å². The average Bonchev–Trinajstić information content (AvgIpc) is 2.63. The molecule has 0 rings (SSSR count). The quantitative estimate of drug-likeness (QED) is 0.305. The number of imide groups is 1. The lowest BCUT2D eigenvalue weighted by atomic mass is 10.0. The summed E-state index contributed by atoms with van der Waals surface area (Å²) in [7, 11) is 0. The van der Waals surface area contributed by atoms with Crippen LogP contribution in [0.4, 0.5) is 0 Å². The van der Waals surface area contributed by atoms with E-state index in [0.717, 1.165) is 19.3 Å². The maximum atomic E-state index is 11.7. The Kier molecular flexibility index (Phi) is 17.0. The number of amides is 2. The van der Waals surface area contributed by atoms with Gasteiger partial charge in [0, 0.05) is 12.8 Å². The zero-order valence-corrected chi connectivity index (χ0v) is 17.1. The van der Waals surface area contributed by atoms with Crippen LogP contribution in [0.3, 0.4) is 0 Å². The van der Waals surface area contributed by atoms with Gasteiger partial charge >= 0.3 is 5.97 Å². The van der Waals surface area contributed by atoms with Gasteiger partial charge in [-0.25, -0.2) is 0 Å². The van der Waals surface area contributed by atoms with Crippen molar-refractivity contribution in [3.05, 3.63) is 0 Å². The molecule has 0 radical (unpaired) electrons. The second kappa shape index (κ2) is 18.0. The molecule has 0 bridgehead atoms. The molecule has 0 fully saturated rings. The zero-order valence-electron chi connectivity index (χ0n) is 17.1. The van der Waals surface area contributed by atoms with Crippen LogP contribution in [-0.4, -0.2) is 28.9 Å². The van der Waals surface area contributed by atoms with E-state index in [9.17, 15) is 14.4 Å². The van der Waals surface area contributed by atoms with Crippen molar-refractivity contribution < 1.29 is 19.5 Å². The molecule has 0 saturated heterocycles. The fourth-order valence-electron chi connectivity index (χ4n) is 3.01. The number of rotatable bonds is 18. The lowest BCUT2D eigenvalue weighted by molar-refractivity contribution is -0.137. The van der Waals surface area contributed by atoms with Crippen LogP contribution in [0.5, 0.6) is 0 Å². The van der Waals surface area contributed by atoms with Crippen LogP contribution in [0.15, 0.2) is 0 Å². The van der Waals surface area contributed by atoms with Gasteiger partial charge in [0.1, 0.15) is 0 Å². The summed E-state index contributed by atoms with van der Waals surface area (Å²) in [4.78, 5) is 33.8. The van der Waals surface area contributed by atoms with Crippen LogP contribution >= 0.6 is 0 Å². The average molecular weight is 385 g/mol. The molecule has 0 aliphatic rings. The molecule has 0 aromatic carbocycles. The van der Waals surface area contributed by atoms with Crippen LogP contribution < -0.4 is 11.1 Å². The molecule has 0 saturated carbocycles. The Morgan fingerprint density at radius 3 is 1.67 bits per heavy atom. The van der Waals surface area contributed by atoms with Crippen molar-refractivity contribution >= 4 is 17.8 Å². The minimum atomic E-state index is -1.00. The summed E-state index contributed by atoms with van der Waals surface area (Å²) in [5, 5.41) is 10.8. The SMILES string of the molecule is CCCCCCCCCCCCCCCC(=O)NC(=O)[C@@H](N)CCC(=O)O. The highest BCUT2D eigenvalue weighted by Crippen LogP contribution is 2.12. The lowest BCUT2D eigenvalue weighted by Gasteiger charge is -2.10. The minimum Gasteiger partial charge on any atom is -0.481 e. The number of carboxylic acids is 1. The maximum absolute atomic E-state index is 11.7. The highest BCUT2D eigenvalue weighted by molar-refractivity contribution is 5.97. The van der Waals surface area contributed by atoms with Gasteiger partial charge in [0.05, 0.1) is 6.04 Å². The minimum absolute atomic E-state index is 0.0349. The lowest BCUT2D eigenvalue weighted by Crippen LogP contribution is -2.43. The van der Waals surface area contributed by atoms with Gasteiger partial charge in [-0.15, -0.1) is 0 Å². The topological polar surface area (TPSA) is 109 Å². The Bertz CT molecular complexity index is 413. The first-order valence-corrected chi connectivity index (χ1v) is 10.8. The number of carbonyl (C=O) groups is 3. The first-order valence-electron chi connectivity index (χ1n) is 10.8. The van der Waals surface area contributed by atoms with Crippen molar-refractivity contribution in [2.24, 2.45) is 5.73 Å². The summed E-state index contributed by atoms with van der Waals surface area (Å²) >= 11 is 0. The fourth-order valence-corrected chi connectivity index (χ4v) is 3.01. The van der Waals surface area contributed by atoms with Crippen LogP contribution in [0.1, 0.15) is 110 Å². The number of unbranched alkanes of at least 4 members (excludes halogenated alkanes) is 12. The maximum Gasteiger partial charge on any atom is 0.303 e. The molecule has 6 heteroatoms. The Hall–Kier alpha value is -1.43. The van der Waals surface area contributed by atoms with E-state index < -0.39 is 17.9 Å². The highest BCUT2D eigenvalue weighted by Gasteiger charge is 2.17. The van der Waals surface area contributed by atoms with Crippen LogP contribution in [0.25, 0.3) is 0 Å². The van der Waals surface area contributed by atoms with Gasteiger partial charge in [0.2, 0.25) is 11.8 Å². The number of nitrogens with two attached hydrogens (primary N) is 1. The van der Waals surface area contributed by atoms with Crippen molar-refractivity contribution in [2.45, 2.75) is 116 Å². The molecule has 4 N–H and O–H groups in total. The van der Waals surface area contributed by atoms with E-state index in [1.807, 2.05) is 0 Å². The van der Waals surface area contributed by atoms with Crippen LogP contribution in [0, 0.1) is 0 Å². The van der Waals surface area contributed by atoms with Gasteiger partial charge in [0.25, 0.3) is 0 Å². The Balaban J connectivity index is 3.43. The largest absolute Gasteiger partial charge is 0.481 e. The van der Waals surface area contributed by atoms with Gasteiger partial charge in [-0.3, -0.25) is 19.7 Å². The smallest absolute Gasteiger partial charge is 0.303 e. The normalized spacial score (nSPS) is 11.9. The van der Waals surface area contributed by atoms with Crippen molar-refractivity contribution in [2.75, 3.05) is 0 Å². The zero-order chi connectivity index (χ0) is 20.3. The third-order valence-electron chi connectivity index (χ3n) is 4.78. The molecule has 27 heavy (non-hydrogen) atoms. The van der Waals surface area contributed by atoms with E-state index in [1.54, 1.807) is 0 Å². The molecule has 0 aliphatic carbocycles. The number of hydrogen-bond acceptors (Lipinski definition) is 4. The van der Waals surface area contributed by atoms with Crippen molar-refractivity contribution in [1.29, 1.82) is 0 Å². The fraction of sp³-hybridized carbons (Fsp3) is 0.857. The van der Waals surface area contributed by atoms with Crippen molar-refractivity contribution in [3.63, 3.8) is 0 Å². The molecule has 1 atom stereocenters. The monoisotopic (exact) mass is 384 g/mol. The summed E-state index contributed by atoms with van der Waals surface area (Å²) in [6.45, 7) is 2.24. The predicted molar refractivity (Wildman–Crippen MR) is 108 cm³/mol. The number of aliphatic carboxylic acids is 1. The van der Waals surface area contributed by atoms with Crippen LogP contribution in [0.2, 0.25) is 0 Å². The summed E-state index contributed by atoms with van der Waals surface area (Å²) in [6.07, 6.45) is 16.3. The Morgan fingerprint density at radius 1 is 0.778 bits per heavy atom. The van der Waals surface area contributed by atoms with Crippen molar-refractivity contribution in [3.8, 4) is 0 Å². The van der Waals surface area contributed by atoms with Gasteiger partial charge in [0.15, 0.2) is 0 Å². The molecule has 0 aromatic heterocycles. The number of carboxylic acid groups (broad SMARTS) is 1. The van der Waals surface area contributed by atoms with Gasteiger partial charge in [-0.05, 0) is 12.8 Å². The van der Waals surface area contributed by atoms with Crippen molar-refractivity contribution in [1.82, 2.24) is 5.32 Å². The van der Waals surface area contributed by atoms with Gasteiger partial charge in [-0.1, -0.05) is 84.0 Å².